The number of benzene rings is 1. The summed E-state index contributed by atoms with van der Waals surface area (Å²) < 4.78 is 0. The van der Waals surface area contributed by atoms with Gasteiger partial charge in [0.15, 0.2) is 0 Å². The summed E-state index contributed by atoms with van der Waals surface area (Å²) >= 11 is 3.06. The molecule has 1 fully saturated rings. The van der Waals surface area contributed by atoms with Gasteiger partial charge in [0.1, 0.15) is 16.2 Å². The Morgan fingerprint density at radius 1 is 1.17 bits per heavy atom. The summed E-state index contributed by atoms with van der Waals surface area (Å²) in [5.41, 5.74) is 8.02. The van der Waals surface area contributed by atoms with Crippen LogP contribution >= 0.6 is 22.7 Å². The first kappa shape index (κ1) is 20.5. The van der Waals surface area contributed by atoms with Crippen LogP contribution in [0.15, 0.2) is 46.5 Å². The molecule has 0 bridgehead atoms. The molecular formula is C21H23N5O2S2. The number of primary amides is 1. The van der Waals surface area contributed by atoms with Gasteiger partial charge < -0.3 is 21.3 Å². The minimum absolute atomic E-state index is 0.237. The van der Waals surface area contributed by atoms with Crippen molar-refractivity contribution < 1.29 is 9.59 Å². The number of anilines is 2. The molecule has 0 saturated carbocycles. The first-order valence-corrected chi connectivity index (χ1v) is 11.5. The molecule has 1 saturated heterocycles. The van der Waals surface area contributed by atoms with Gasteiger partial charge in [0.05, 0.1) is 11.4 Å². The van der Waals surface area contributed by atoms with Crippen molar-refractivity contribution in [2.75, 3.05) is 30.4 Å². The Morgan fingerprint density at radius 3 is 2.60 bits per heavy atom. The molecule has 4 N–H and O–H groups in total. The number of para-hydroxylation sites is 2. The van der Waals surface area contributed by atoms with E-state index in [2.05, 4.69) is 20.5 Å². The van der Waals surface area contributed by atoms with Crippen LogP contribution in [0, 0.1) is 0 Å². The van der Waals surface area contributed by atoms with E-state index >= 15 is 0 Å². The lowest BCUT2D eigenvalue weighted by Gasteiger charge is -2.41. The molecule has 0 spiro atoms. The van der Waals surface area contributed by atoms with E-state index in [4.69, 9.17) is 5.73 Å². The summed E-state index contributed by atoms with van der Waals surface area (Å²) in [6.45, 7) is 1.32. The second kappa shape index (κ2) is 8.55. The van der Waals surface area contributed by atoms with Crippen molar-refractivity contribution in [2.24, 2.45) is 5.73 Å². The number of aromatic nitrogens is 1. The molecular weight excluding hydrogens is 418 g/mol. The predicted molar refractivity (Wildman–Crippen MR) is 122 cm³/mol. The van der Waals surface area contributed by atoms with Gasteiger partial charge in [-0.05, 0) is 43.5 Å². The average molecular weight is 442 g/mol. The molecule has 7 nitrogen and oxygen atoms in total. The lowest BCUT2D eigenvalue weighted by Crippen LogP contribution is -2.59. The summed E-state index contributed by atoms with van der Waals surface area (Å²) in [5, 5.41) is 12.7. The van der Waals surface area contributed by atoms with Crippen LogP contribution in [-0.2, 0) is 4.79 Å². The molecule has 156 valence electrons. The summed E-state index contributed by atoms with van der Waals surface area (Å²) in [7, 11) is 1.77. The van der Waals surface area contributed by atoms with Gasteiger partial charge in [0.25, 0.3) is 5.91 Å². The first-order valence-electron chi connectivity index (χ1n) is 9.65. The van der Waals surface area contributed by atoms with Crippen molar-refractivity contribution in [1.82, 2.24) is 10.3 Å². The number of nitrogens with two attached hydrogens (primary N) is 1. The SMILES string of the molecule is CNC1(C(N)=O)CCN(c2ccccc2NC(=O)c2csc(-c3ccsc3)n2)CC1. The zero-order chi connectivity index (χ0) is 21.1. The Bertz CT molecular complexity index is 1040. The van der Waals surface area contributed by atoms with Crippen molar-refractivity contribution in [3.8, 4) is 10.6 Å². The molecule has 0 aliphatic carbocycles. The Balaban J connectivity index is 1.49. The number of hydrogen-bond donors (Lipinski definition) is 3. The number of thiophene rings is 1. The molecule has 0 atom stereocenters. The standard InChI is InChI=1S/C21H23N5O2S2/c1-23-21(20(22)28)7-9-26(10-8-21)17-5-3-2-4-15(17)24-18(27)16-13-30-19(25-16)14-6-11-29-12-14/h2-6,11-13,23H,7-10H2,1H3,(H2,22,28)(H,24,27). The Morgan fingerprint density at radius 2 is 1.93 bits per heavy atom. The molecule has 3 heterocycles. The van der Waals surface area contributed by atoms with Gasteiger partial charge in [0.2, 0.25) is 5.91 Å². The van der Waals surface area contributed by atoms with Crippen molar-refractivity contribution in [2.45, 2.75) is 18.4 Å². The highest BCUT2D eigenvalue weighted by Gasteiger charge is 2.38. The monoisotopic (exact) mass is 441 g/mol. The van der Waals surface area contributed by atoms with Crippen molar-refractivity contribution in [1.29, 1.82) is 0 Å². The van der Waals surface area contributed by atoms with Crippen LogP contribution in [0.2, 0.25) is 0 Å². The lowest BCUT2D eigenvalue weighted by molar-refractivity contribution is -0.125. The summed E-state index contributed by atoms with van der Waals surface area (Å²) in [5.74, 6) is -0.560. The lowest BCUT2D eigenvalue weighted by atomic mass is 9.86. The Kier molecular flexibility index (Phi) is 5.85. The van der Waals surface area contributed by atoms with Crippen LogP contribution in [0.25, 0.3) is 10.6 Å². The number of carbonyl (C=O) groups is 2. The van der Waals surface area contributed by atoms with Crippen LogP contribution in [-0.4, -0.2) is 42.5 Å². The van der Waals surface area contributed by atoms with Gasteiger partial charge in [-0.25, -0.2) is 4.98 Å². The first-order chi connectivity index (χ1) is 14.5. The number of amides is 2. The third-order valence-corrected chi connectivity index (χ3v) is 7.14. The number of likely N-dealkylation sites (N-methyl/N-ethyl adjacent to an activating group) is 1. The fourth-order valence-corrected chi connectivity index (χ4v) is 5.20. The van der Waals surface area contributed by atoms with Crippen LogP contribution in [0.3, 0.4) is 0 Å². The summed E-state index contributed by atoms with van der Waals surface area (Å²) in [6.07, 6.45) is 1.22. The minimum atomic E-state index is -0.673. The number of piperidine rings is 1. The van der Waals surface area contributed by atoms with Crippen LogP contribution in [0.4, 0.5) is 11.4 Å². The van der Waals surface area contributed by atoms with E-state index < -0.39 is 5.54 Å². The third kappa shape index (κ3) is 3.96. The van der Waals surface area contributed by atoms with Crippen molar-refractivity contribution >= 4 is 45.9 Å². The van der Waals surface area contributed by atoms with Gasteiger partial charge in [-0.1, -0.05) is 12.1 Å². The van der Waals surface area contributed by atoms with Gasteiger partial charge in [-0.3, -0.25) is 9.59 Å². The minimum Gasteiger partial charge on any atom is -0.370 e. The molecule has 0 radical (unpaired) electrons. The fourth-order valence-electron chi connectivity index (χ4n) is 3.69. The smallest absolute Gasteiger partial charge is 0.275 e. The zero-order valence-electron chi connectivity index (χ0n) is 16.6. The number of nitrogens with zero attached hydrogens (tertiary/aromatic N) is 2. The number of rotatable bonds is 6. The van der Waals surface area contributed by atoms with Gasteiger partial charge >= 0.3 is 0 Å². The fraction of sp³-hybridized carbons (Fsp3) is 0.286. The molecule has 2 amide bonds. The second-order valence-electron chi connectivity index (χ2n) is 7.20. The van der Waals surface area contributed by atoms with Crippen molar-refractivity contribution in [3.05, 3.63) is 52.2 Å². The maximum atomic E-state index is 12.8. The third-order valence-electron chi connectivity index (χ3n) is 5.57. The Hall–Kier alpha value is -2.75. The van der Waals surface area contributed by atoms with E-state index in [9.17, 15) is 9.59 Å². The molecule has 1 aliphatic rings. The molecule has 30 heavy (non-hydrogen) atoms. The quantitative estimate of drug-likeness (QED) is 0.546. The van der Waals surface area contributed by atoms with Crippen LogP contribution in [0.5, 0.6) is 0 Å². The molecule has 0 unspecified atom stereocenters. The largest absolute Gasteiger partial charge is 0.370 e. The molecule has 2 aromatic heterocycles. The Labute approximate surface area is 182 Å². The molecule has 1 aromatic carbocycles. The van der Waals surface area contributed by atoms with E-state index in [1.807, 2.05) is 41.1 Å². The van der Waals surface area contributed by atoms with Crippen LogP contribution < -0.4 is 21.3 Å². The normalized spacial score (nSPS) is 15.7. The van der Waals surface area contributed by atoms with Gasteiger partial charge in [-0.2, -0.15) is 11.3 Å². The summed E-state index contributed by atoms with van der Waals surface area (Å²) in [6, 6.07) is 9.68. The number of nitrogens with one attached hydrogen (secondary N) is 2. The maximum Gasteiger partial charge on any atom is 0.275 e. The second-order valence-corrected chi connectivity index (χ2v) is 8.84. The topological polar surface area (TPSA) is 100 Å². The summed E-state index contributed by atoms with van der Waals surface area (Å²) in [4.78, 5) is 31.4. The van der Waals surface area contributed by atoms with E-state index in [1.165, 1.54) is 11.3 Å². The van der Waals surface area contributed by atoms with Crippen LogP contribution in [0.1, 0.15) is 23.3 Å². The van der Waals surface area contributed by atoms with E-state index in [0.717, 1.165) is 21.9 Å². The molecule has 4 rings (SSSR count). The van der Waals surface area contributed by atoms with E-state index in [0.29, 0.717) is 31.6 Å². The van der Waals surface area contributed by atoms with E-state index in [-0.39, 0.29) is 11.8 Å². The van der Waals surface area contributed by atoms with Gasteiger partial charge in [0, 0.05) is 29.4 Å². The number of thiazole rings is 1. The van der Waals surface area contributed by atoms with Crippen molar-refractivity contribution in [3.63, 3.8) is 0 Å². The predicted octanol–water partition coefficient (Wildman–Crippen LogP) is 3.17. The highest BCUT2D eigenvalue weighted by Crippen LogP contribution is 2.32. The maximum absolute atomic E-state index is 12.8. The highest BCUT2D eigenvalue weighted by atomic mass is 32.1. The number of carbonyl (C=O) groups excluding carboxylic acids is 2. The van der Waals surface area contributed by atoms with E-state index in [1.54, 1.807) is 23.8 Å². The molecule has 9 heteroatoms. The average Bonchev–Trinajstić information content (AvgIpc) is 3.46. The number of hydrogen-bond acceptors (Lipinski definition) is 7. The zero-order valence-corrected chi connectivity index (χ0v) is 18.2. The highest BCUT2D eigenvalue weighted by molar-refractivity contribution is 7.14. The van der Waals surface area contributed by atoms with Gasteiger partial charge in [-0.15, -0.1) is 11.3 Å². The molecule has 1 aliphatic heterocycles. The molecule has 3 aromatic rings.